The van der Waals surface area contributed by atoms with Crippen molar-refractivity contribution in [1.29, 1.82) is 0 Å². The van der Waals surface area contributed by atoms with Crippen molar-refractivity contribution >= 4 is 24.3 Å². The fraction of sp³-hybridized carbons (Fsp3) is 0.500. The van der Waals surface area contributed by atoms with Crippen LogP contribution in [0.1, 0.15) is 62.2 Å². The maximum atomic E-state index is 11.7. The highest BCUT2D eigenvalue weighted by atomic mass is 35.5. The molecule has 0 aliphatic carbocycles. The van der Waals surface area contributed by atoms with E-state index < -0.39 is 5.97 Å². The number of rotatable bonds is 9. The van der Waals surface area contributed by atoms with Gasteiger partial charge >= 0.3 is 11.9 Å². The molecule has 0 aliphatic heterocycles. The molecule has 1 N–H and O–H groups in total. The molecule has 0 saturated carbocycles. The van der Waals surface area contributed by atoms with Crippen LogP contribution in [0.3, 0.4) is 0 Å². The smallest absolute Gasteiger partial charge is 0.339 e. The Kier molecular flexibility index (Phi) is 10.3. The molecule has 21 heavy (non-hydrogen) atoms. The third kappa shape index (κ3) is 7.71. The lowest BCUT2D eigenvalue weighted by atomic mass is 10.1. The highest BCUT2D eigenvalue weighted by molar-refractivity contribution is 5.91. The van der Waals surface area contributed by atoms with E-state index >= 15 is 0 Å². The summed E-state index contributed by atoms with van der Waals surface area (Å²) in [7, 11) is 0. The summed E-state index contributed by atoms with van der Waals surface area (Å²) in [6.45, 7) is 2.16. The Morgan fingerprint density at radius 2 is 1.67 bits per heavy atom. The minimum absolute atomic E-state index is 0. The Balaban J connectivity index is 0.00000400. The van der Waals surface area contributed by atoms with Gasteiger partial charge in [0.2, 0.25) is 0 Å². The topological polar surface area (TPSA) is 63.6 Å². The van der Waals surface area contributed by atoms with E-state index in [1.54, 1.807) is 12.1 Å². The molecule has 0 radical (unpaired) electrons. The Hall–Kier alpha value is -1.55. The van der Waals surface area contributed by atoms with Gasteiger partial charge in [0.1, 0.15) is 11.3 Å². The third-order valence-electron chi connectivity index (χ3n) is 3.08. The Morgan fingerprint density at radius 3 is 2.33 bits per heavy atom. The summed E-state index contributed by atoms with van der Waals surface area (Å²) < 4.78 is 5.11. The number of carboxylic acid groups (broad SMARTS) is 1. The van der Waals surface area contributed by atoms with Crippen LogP contribution in [-0.2, 0) is 4.79 Å². The molecule has 0 fully saturated rings. The van der Waals surface area contributed by atoms with Crippen LogP contribution in [0.4, 0.5) is 0 Å². The molecule has 1 aromatic rings. The van der Waals surface area contributed by atoms with Crippen molar-refractivity contribution in [1.82, 2.24) is 0 Å². The first-order valence-electron chi connectivity index (χ1n) is 7.18. The number of unbranched alkanes of at least 4 members (excludes halogenated alkanes) is 5. The largest absolute Gasteiger partial charge is 0.478 e. The monoisotopic (exact) mass is 314 g/mol. The SMILES string of the molecule is CCCCCCCCC(=O)Oc1ccccc1C(=O)O.Cl. The number of carbonyl (C=O) groups is 2. The van der Waals surface area contributed by atoms with Gasteiger partial charge in [-0.15, -0.1) is 12.4 Å². The first-order chi connectivity index (χ1) is 9.65. The summed E-state index contributed by atoms with van der Waals surface area (Å²) in [5.41, 5.74) is 0.0174. The van der Waals surface area contributed by atoms with Crippen molar-refractivity contribution in [3.05, 3.63) is 29.8 Å². The molecular weight excluding hydrogens is 292 g/mol. The predicted octanol–water partition coefficient (Wildman–Crippen LogP) is 4.46. The number of hydrogen-bond donors (Lipinski definition) is 1. The number of carbonyl (C=O) groups excluding carboxylic acids is 1. The number of ether oxygens (including phenoxy) is 1. The lowest BCUT2D eigenvalue weighted by molar-refractivity contribution is -0.134. The average Bonchev–Trinajstić information content (AvgIpc) is 2.43. The molecule has 0 unspecified atom stereocenters. The number of benzene rings is 1. The van der Waals surface area contributed by atoms with E-state index in [0.717, 1.165) is 19.3 Å². The number of carboxylic acids is 1. The summed E-state index contributed by atoms with van der Waals surface area (Å²) in [6, 6.07) is 6.19. The number of esters is 1. The maximum Gasteiger partial charge on any atom is 0.339 e. The normalized spacial score (nSPS) is 9.76. The molecule has 1 aromatic carbocycles. The first-order valence-corrected chi connectivity index (χ1v) is 7.18. The van der Waals surface area contributed by atoms with Gasteiger partial charge in [-0.2, -0.15) is 0 Å². The van der Waals surface area contributed by atoms with Crippen molar-refractivity contribution in [3.63, 3.8) is 0 Å². The number of para-hydroxylation sites is 1. The highest BCUT2D eigenvalue weighted by Crippen LogP contribution is 2.19. The van der Waals surface area contributed by atoms with Crippen LogP contribution in [0.15, 0.2) is 24.3 Å². The second-order valence-corrected chi connectivity index (χ2v) is 4.79. The molecule has 1 rings (SSSR count). The van der Waals surface area contributed by atoms with E-state index in [1.807, 2.05) is 0 Å². The van der Waals surface area contributed by atoms with Gasteiger partial charge in [0.15, 0.2) is 0 Å². The van der Waals surface area contributed by atoms with Crippen molar-refractivity contribution in [2.45, 2.75) is 51.9 Å². The molecule has 0 bridgehead atoms. The number of hydrogen-bond acceptors (Lipinski definition) is 3. The van der Waals surface area contributed by atoms with Crippen LogP contribution >= 0.6 is 12.4 Å². The Morgan fingerprint density at radius 1 is 1.05 bits per heavy atom. The van der Waals surface area contributed by atoms with Gasteiger partial charge in [-0.1, -0.05) is 51.2 Å². The van der Waals surface area contributed by atoms with Crippen molar-refractivity contribution < 1.29 is 19.4 Å². The van der Waals surface area contributed by atoms with Gasteiger partial charge in [-0.25, -0.2) is 4.79 Å². The molecule has 0 saturated heterocycles. The zero-order valence-corrected chi connectivity index (χ0v) is 13.2. The second kappa shape index (κ2) is 11.1. The highest BCUT2D eigenvalue weighted by Gasteiger charge is 2.13. The van der Waals surface area contributed by atoms with Crippen molar-refractivity contribution in [2.75, 3.05) is 0 Å². The van der Waals surface area contributed by atoms with E-state index in [2.05, 4.69) is 6.92 Å². The van der Waals surface area contributed by atoms with Crippen LogP contribution in [0.2, 0.25) is 0 Å². The molecule has 118 valence electrons. The number of aromatic carboxylic acids is 1. The Labute approximate surface area is 131 Å². The fourth-order valence-corrected chi connectivity index (χ4v) is 1.96. The van der Waals surface area contributed by atoms with Gasteiger partial charge in [-0.05, 0) is 18.6 Å². The molecule has 0 spiro atoms. The minimum Gasteiger partial charge on any atom is -0.478 e. The maximum absolute atomic E-state index is 11.7. The molecule has 0 amide bonds. The molecule has 4 nitrogen and oxygen atoms in total. The van der Waals surface area contributed by atoms with E-state index in [4.69, 9.17) is 9.84 Å². The van der Waals surface area contributed by atoms with Gasteiger partial charge in [0.05, 0.1) is 0 Å². The molecule has 0 aromatic heterocycles. The van der Waals surface area contributed by atoms with E-state index in [9.17, 15) is 9.59 Å². The summed E-state index contributed by atoms with van der Waals surface area (Å²) in [4.78, 5) is 22.6. The van der Waals surface area contributed by atoms with Gasteiger partial charge in [0, 0.05) is 6.42 Å². The fourth-order valence-electron chi connectivity index (χ4n) is 1.96. The zero-order valence-electron chi connectivity index (χ0n) is 12.3. The standard InChI is InChI=1S/C16H22O4.ClH/c1-2-3-4-5-6-7-12-15(17)20-14-11-9-8-10-13(14)16(18)19;/h8-11H,2-7,12H2,1H3,(H,18,19);1H. The van der Waals surface area contributed by atoms with Crippen LogP contribution in [0, 0.1) is 0 Å². The van der Waals surface area contributed by atoms with Gasteiger partial charge in [-0.3, -0.25) is 4.79 Å². The van der Waals surface area contributed by atoms with Crippen LogP contribution in [0.5, 0.6) is 5.75 Å². The Bertz CT molecular complexity index is 446. The van der Waals surface area contributed by atoms with Crippen LogP contribution < -0.4 is 4.74 Å². The van der Waals surface area contributed by atoms with Gasteiger partial charge < -0.3 is 9.84 Å². The van der Waals surface area contributed by atoms with E-state index in [1.165, 1.54) is 31.4 Å². The lowest BCUT2D eigenvalue weighted by Gasteiger charge is -2.07. The summed E-state index contributed by atoms with van der Waals surface area (Å²) in [6.07, 6.45) is 6.90. The first kappa shape index (κ1) is 19.4. The summed E-state index contributed by atoms with van der Waals surface area (Å²) in [5.74, 6) is -1.34. The minimum atomic E-state index is -1.09. The molecule has 0 aliphatic rings. The quantitative estimate of drug-likeness (QED) is 0.415. The van der Waals surface area contributed by atoms with Crippen LogP contribution in [-0.4, -0.2) is 17.0 Å². The second-order valence-electron chi connectivity index (χ2n) is 4.79. The molecule has 5 heteroatoms. The third-order valence-corrected chi connectivity index (χ3v) is 3.08. The van der Waals surface area contributed by atoms with Crippen molar-refractivity contribution in [3.8, 4) is 5.75 Å². The average molecular weight is 315 g/mol. The summed E-state index contributed by atoms with van der Waals surface area (Å²) in [5, 5.41) is 8.98. The number of halogens is 1. The van der Waals surface area contributed by atoms with Gasteiger partial charge in [0.25, 0.3) is 0 Å². The molecular formula is C16H23ClO4. The van der Waals surface area contributed by atoms with E-state index in [0.29, 0.717) is 6.42 Å². The lowest BCUT2D eigenvalue weighted by Crippen LogP contribution is -2.10. The summed E-state index contributed by atoms with van der Waals surface area (Å²) >= 11 is 0. The molecule has 0 atom stereocenters. The predicted molar refractivity (Wildman–Crippen MR) is 84.3 cm³/mol. The van der Waals surface area contributed by atoms with E-state index in [-0.39, 0.29) is 29.7 Å². The van der Waals surface area contributed by atoms with Crippen molar-refractivity contribution in [2.24, 2.45) is 0 Å². The zero-order chi connectivity index (χ0) is 14.8. The molecule has 0 heterocycles. The van der Waals surface area contributed by atoms with Crippen LogP contribution in [0.25, 0.3) is 0 Å².